The highest BCUT2D eigenvalue weighted by molar-refractivity contribution is 7.89. The Morgan fingerprint density at radius 1 is 1.19 bits per heavy atom. The third-order valence-electron chi connectivity index (χ3n) is 3.61. The molecule has 0 unspecified atom stereocenters. The minimum atomic E-state index is -3.54. The molecule has 0 spiro atoms. The van der Waals surface area contributed by atoms with Crippen molar-refractivity contribution in [3.63, 3.8) is 0 Å². The Balaban J connectivity index is 2.22. The van der Waals surface area contributed by atoms with Gasteiger partial charge >= 0.3 is 0 Å². The topological polar surface area (TPSA) is 81.9 Å². The number of para-hydroxylation sites is 1. The number of nitrogen functional groups attached to an aromatic ring is 1. The van der Waals surface area contributed by atoms with Gasteiger partial charge in [-0.05, 0) is 19.2 Å². The maximum atomic E-state index is 12.2. The van der Waals surface area contributed by atoms with E-state index in [1.165, 1.54) is 24.5 Å². The number of benzene rings is 1. The summed E-state index contributed by atoms with van der Waals surface area (Å²) < 4.78 is 25.6. The van der Waals surface area contributed by atoms with Crippen LogP contribution in [0.15, 0.2) is 23.1 Å². The number of sulfonamides is 1. The van der Waals surface area contributed by atoms with E-state index in [2.05, 4.69) is 22.4 Å². The van der Waals surface area contributed by atoms with E-state index in [0.717, 1.165) is 26.2 Å². The van der Waals surface area contributed by atoms with Crippen LogP contribution >= 0.6 is 0 Å². The maximum absolute atomic E-state index is 12.2. The summed E-state index contributed by atoms with van der Waals surface area (Å²) >= 11 is 0. The number of hydrazine groups is 1. The Labute approximate surface area is 126 Å². The predicted molar refractivity (Wildman–Crippen MR) is 84.4 cm³/mol. The van der Waals surface area contributed by atoms with Crippen molar-refractivity contribution in [2.75, 3.05) is 58.5 Å². The molecule has 0 atom stereocenters. The van der Waals surface area contributed by atoms with Crippen molar-refractivity contribution in [2.24, 2.45) is 0 Å². The van der Waals surface area contributed by atoms with Crippen LogP contribution in [0.25, 0.3) is 0 Å². The van der Waals surface area contributed by atoms with E-state index < -0.39 is 10.0 Å². The third kappa shape index (κ3) is 3.46. The van der Waals surface area contributed by atoms with Crippen LogP contribution in [-0.4, -0.2) is 70.0 Å². The zero-order valence-electron chi connectivity index (χ0n) is 12.7. The van der Waals surface area contributed by atoms with Gasteiger partial charge in [-0.1, -0.05) is 6.07 Å². The molecule has 1 aromatic carbocycles. The van der Waals surface area contributed by atoms with Gasteiger partial charge in [-0.15, -0.1) is 0 Å². The molecule has 21 heavy (non-hydrogen) atoms. The lowest BCUT2D eigenvalue weighted by Crippen LogP contribution is -2.47. The molecule has 0 radical (unpaired) electrons. The summed E-state index contributed by atoms with van der Waals surface area (Å²) in [6.45, 7) is 3.65. The fourth-order valence-electron chi connectivity index (χ4n) is 2.15. The van der Waals surface area contributed by atoms with E-state index in [0.29, 0.717) is 5.69 Å². The monoisotopic (exact) mass is 313 g/mol. The first-order valence-electron chi connectivity index (χ1n) is 6.83. The molecule has 0 amide bonds. The second kappa shape index (κ2) is 6.18. The molecule has 118 valence electrons. The second-order valence-corrected chi connectivity index (χ2v) is 7.53. The maximum Gasteiger partial charge on any atom is 0.244 e. The third-order valence-corrected chi connectivity index (χ3v) is 5.48. The number of nitrogens with one attached hydrogen (secondary N) is 1. The van der Waals surface area contributed by atoms with E-state index >= 15 is 0 Å². The Morgan fingerprint density at radius 3 is 2.38 bits per heavy atom. The predicted octanol–water partition coefficient (Wildman–Crippen LogP) is 0.0934. The number of anilines is 2. The van der Waals surface area contributed by atoms with Crippen molar-refractivity contribution in [2.45, 2.75) is 4.90 Å². The number of rotatable bonds is 4. The van der Waals surface area contributed by atoms with Crippen LogP contribution in [0.1, 0.15) is 0 Å². The minimum Gasteiger partial charge on any atom is -0.396 e. The molecular formula is C13H23N5O2S. The Bertz CT molecular complexity index is 595. The number of nitrogens with two attached hydrogens (primary N) is 1. The van der Waals surface area contributed by atoms with Gasteiger partial charge in [0.25, 0.3) is 0 Å². The van der Waals surface area contributed by atoms with E-state index in [4.69, 9.17) is 5.73 Å². The molecular weight excluding hydrogens is 290 g/mol. The summed E-state index contributed by atoms with van der Waals surface area (Å²) in [5, 5.41) is 2.05. The van der Waals surface area contributed by atoms with Gasteiger partial charge < -0.3 is 16.1 Å². The molecule has 1 aliphatic heterocycles. The van der Waals surface area contributed by atoms with E-state index in [1.807, 2.05) is 0 Å². The largest absolute Gasteiger partial charge is 0.396 e. The van der Waals surface area contributed by atoms with Crippen LogP contribution in [0, 0.1) is 0 Å². The molecule has 1 heterocycles. The Morgan fingerprint density at radius 2 is 1.81 bits per heavy atom. The Kier molecular flexibility index (Phi) is 4.72. The van der Waals surface area contributed by atoms with Crippen molar-refractivity contribution in [1.29, 1.82) is 0 Å². The number of hydrogen-bond donors (Lipinski definition) is 2. The van der Waals surface area contributed by atoms with Crippen LogP contribution in [-0.2, 0) is 10.0 Å². The zero-order valence-corrected chi connectivity index (χ0v) is 13.5. The average molecular weight is 313 g/mol. The van der Waals surface area contributed by atoms with Crippen LogP contribution < -0.4 is 11.2 Å². The van der Waals surface area contributed by atoms with E-state index in [1.54, 1.807) is 12.1 Å². The number of nitrogens with zero attached hydrogens (tertiary/aromatic N) is 3. The number of piperazine rings is 1. The smallest absolute Gasteiger partial charge is 0.244 e. The van der Waals surface area contributed by atoms with Crippen LogP contribution in [0.3, 0.4) is 0 Å². The lowest BCUT2D eigenvalue weighted by molar-refractivity contribution is 0.179. The summed E-state index contributed by atoms with van der Waals surface area (Å²) in [6, 6.07) is 5.02. The highest BCUT2D eigenvalue weighted by Gasteiger charge is 2.22. The van der Waals surface area contributed by atoms with Gasteiger partial charge in [0.15, 0.2) is 0 Å². The van der Waals surface area contributed by atoms with Crippen molar-refractivity contribution < 1.29 is 8.42 Å². The molecule has 1 aliphatic rings. The first kappa shape index (κ1) is 16.0. The quantitative estimate of drug-likeness (QED) is 0.767. The van der Waals surface area contributed by atoms with Crippen LogP contribution in [0.5, 0.6) is 0 Å². The Hall–Kier alpha value is -1.35. The standard InChI is InChI=1S/C13H23N5O2S/c1-16(2)21(19,20)12-6-4-5-11(13(12)14)15-18-9-7-17(3)8-10-18/h4-6,15H,7-10,14H2,1-3H3. The average Bonchev–Trinajstić information content (AvgIpc) is 2.43. The summed E-state index contributed by atoms with van der Waals surface area (Å²) in [5.74, 6) is 0. The molecule has 0 saturated carbocycles. The van der Waals surface area contributed by atoms with Crippen LogP contribution in [0.4, 0.5) is 11.4 Å². The van der Waals surface area contributed by atoms with Gasteiger partial charge in [-0.25, -0.2) is 17.7 Å². The SMILES string of the molecule is CN1CCN(Nc2cccc(S(=O)(=O)N(C)C)c2N)CC1. The van der Waals surface area contributed by atoms with E-state index in [9.17, 15) is 8.42 Å². The van der Waals surface area contributed by atoms with Gasteiger partial charge in [-0.2, -0.15) is 0 Å². The van der Waals surface area contributed by atoms with E-state index in [-0.39, 0.29) is 10.6 Å². The molecule has 1 fully saturated rings. The molecule has 0 aliphatic carbocycles. The molecule has 1 aromatic rings. The van der Waals surface area contributed by atoms with Gasteiger partial charge in [0.1, 0.15) is 4.90 Å². The molecule has 0 bridgehead atoms. The normalized spacial score (nSPS) is 18.1. The van der Waals surface area contributed by atoms with Crippen molar-refractivity contribution >= 4 is 21.4 Å². The number of likely N-dealkylation sites (N-methyl/N-ethyl adjacent to an activating group) is 1. The first-order valence-corrected chi connectivity index (χ1v) is 8.27. The fourth-order valence-corrected chi connectivity index (χ4v) is 3.18. The van der Waals surface area contributed by atoms with Gasteiger partial charge in [0.2, 0.25) is 10.0 Å². The summed E-state index contributed by atoms with van der Waals surface area (Å²) in [7, 11) is 1.53. The van der Waals surface area contributed by atoms with Gasteiger partial charge in [-0.3, -0.25) is 0 Å². The minimum absolute atomic E-state index is 0.131. The lowest BCUT2D eigenvalue weighted by atomic mass is 10.3. The zero-order chi connectivity index (χ0) is 15.6. The summed E-state index contributed by atoms with van der Waals surface area (Å²) in [6.07, 6.45) is 0. The van der Waals surface area contributed by atoms with Gasteiger partial charge in [0.05, 0.1) is 11.4 Å². The lowest BCUT2D eigenvalue weighted by Gasteiger charge is -2.33. The molecule has 2 rings (SSSR count). The van der Waals surface area contributed by atoms with Gasteiger partial charge in [0, 0.05) is 40.3 Å². The molecule has 0 aromatic heterocycles. The molecule has 3 N–H and O–H groups in total. The highest BCUT2D eigenvalue weighted by atomic mass is 32.2. The molecule has 8 heteroatoms. The number of hydrogen-bond acceptors (Lipinski definition) is 6. The second-order valence-electron chi connectivity index (χ2n) is 5.41. The van der Waals surface area contributed by atoms with Crippen molar-refractivity contribution in [3.8, 4) is 0 Å². The summed E-state index contributed by atoms with van der Waals surface area (Å²) in [4.78, 5) is 2.38. The molecule has 1 saturated heterocycles. The fraction of sp³-hybridized carbons (Fsp3) is 0.538. The highest BCUT2D eigenvalue weighted by Crippen LogP contribution is 2.28. The van der Waals surface area contributed by atoms with Crippen LogP contribution in [0.2, 0.25) is 0 Å². The first-order chi connectivity index (χ1) is 9.82. The summed E-state index contributed by atoms with van der Waals surface area (Å²) in [5.41, 5.74) is 10.1. The molecule has 7 nitrogen and oxygen atoms in total. The van der Waals surface area contributed by atoms with Crippen molar-refractivity contribution in [1.82, 2.24) is 14.2 Å². The van der Waals surface area contributed by atoms with Crippen molar-refractivity contribution in [3.05, 3.63) is 18.2 Å².